The lowest BCUT2D eigenvalue weighted by molar-refractivity contribution is -0.115. The van der Waals surface area contributed by atoms with E-state index in [-0.39, 0.29) is 12.3 Å². The molecule has 1 aliphatic carbocycles. The van der Waals surface area contributed by atoms with Crippen LogP contribution in [0.1, 0.15) is 18.4 Å². The fraction of sp³-hybridized carbons (Fsp3) is 0.263. The molecule has 2 aromatic carbocycles. The van der Waals surface area contributed by atoms with Crippen LogP contribution in [0.3, 0.4) is 0 Å². The highest BCUT2D eigenvalue weighted by Crippen LogP contribution is 2.32. The number of benzene rings is 2. The van der Waals surface area contributed by atoms with Gasteiger partial charge in [-0.3, -0.25) is 13.7 Å². The lowest BCUT2D eigenvalue weighted by Crippen LogP contribution is -2.15. The first kappa shape index (κ1) is 18.9. The van der Waals surface area contributed by atoms with E-state index < -0.39 is 11.3 Å². The van der Waals surface area contributed by atoms with E-state index in [0.29, 0.717) is 33.2 Å². The summed E-state index contributed by atoms with van der Waals surface area (Å²) in [6.45, 7) is 0.808. The highest BCUT2D eigenvalue weighted by atomic mass is 35.5. The normalized spacial score (nSPS) is 14.8. The largest absolute Gasteiger partial charge is 0.755 e. The molecule has 1 aliphatic rings. The topological polar surface area (TPSA) is 99.1 Å². The van der Waals surface area contributed by atoms with E-state index in [1.807, 2.05) is 16.9 Å². The second kappa shape index (κ2) is 7.90. The third kappa shape index (κ3) is 4.52. The molecule has 0 bridgehead atoms. The molecule has 1 fully saturated rings. The fourth-order valence-electron chi connectivity index (χ4n) is 3.10. The maximum absolute atomic E-state index is 12.4. The second-order valence-electron chi connectivity index (χ2n) is 6.90. The van der Waals surface area contributed by atoms with Gasteiger partial charge in [-0.2, -0.15) is 5.10 Å². The molecule has 0 saturated heterocycles. The van der Waals surface area contributed by atoms with Gasteiger partial charge in [-0.05, 0) is 42.5 Å². The Bertz CT molecular complexity index is 1060. The maximum atomic E-state index is 12.4. The van der Waals surface area contributed by atoms with Crippen LogP contribution >= 0.6 is 11.6 Å². The van der Waals surface area contributed by atoms with Gasteiger partial charge in [0.15, 0.2) is 0 Å². The molecule has 2 N–H and O–H groups in total. The van der Waals surface area contributed by atoms with E-state index in [9.17, 15) is 13.6 Å². The van der Waals surface area contributed by atoms with E-state index in [1.54, 1.807) is 30.3 Å². The summed E-state index contributed by atoms with van der Waals surface area (Å²) in [6.07, 6.45) is 4.33. The van der Waals surface area contributed by atoms with E-state index in [1.165, 1.54) is 12.8 Å². The van der Waals surface area contributed by atoms with Crippen molar-refractivity contribution in [2.45, 2.75) is 25.8 Å². The average molecular weight is 418 g/mol. The molecule has 1 unspecified atom stereocenters. The number of anilines is 2. The number of hydrogen-bond acceptors (Lipinski definition) is 4. The molecule has 7 nitrogen and oxygen atoms in total. The van der Waals surface area contributed by atoms with Crippen molar-refractivity contribution in [3.05, 3.63) is 53.2 Å². The first-order chi connectivity index (χ1) is 13.5. The zero-order valence-electron chi connectivity index (χ0n) is 14.9. The molecule has 1 atom stereocenters. The predicted octanol–water partition coefficient (Wildman–Crippen LogP) is 3.49. The molecule has 1 aromatic heterocycles. The number of amides is 1. The minimum absolute atomic E-state index is 0.115. The number of nitrogens with zero attached hydrogens (tertiary/aromatic N) is 2. The summed E-state index contributed by atoms with van der Waals surface area (Å²) in [5, 5.41) is 8.54. The van der Waals surface area contributed by atoms with Gasteiger partial charge in [0.2, 0.25) is 5.91 Å². The number of carbonyl (C=O) groups is 1. The van der Waals surface area contributed by atoms with Crippen molar-refractivity contribution < 1.29 is 13.6 Å². The molecule has 0 spiro atoms. The van der Waals surface area contributed by atoms with Crippen molar-refractivity contribution in [2.24, 2.45) is 5.92 Å². The molecule has 1 heterocycles. The number of carbonyl (C=O) groups excluding carboxylic acids is 1. The molecule has 146 valence electrons. The molecule has 1 amide bonds. The molecular formula is C19H18ClN4O3S-. The Balaban J connectivity index is 1.59. The van der Waals surface area contributed by atoms with Crippen LogP contribution in [-0.4, -0.2) is 24.4 Å². The number of aromatic nitrogens is 2. The van der Waals surface area contributed by atoms with Crippen LogP contribution in [0, 0.1) is 5.92 Å². The van der Waals surface area contributed by atoms with Crippen LogP contribution in [0.25, 0.3) is 10.9 Å². The third-order valence-corrected chi connectivity index (χ3v) is 5.36. The summed E-state index contributed by atoms with van der Waals surface area (Å²) < 4.78 is 26.6. The molecule has 9 heteroatoms. The third-order valence-electron chi connectivity index (χ3n) is 4.60. The van der Waals surface area contributed by atoms with Gasteiger partial charge in [0.25, 0.3) is 0 Å². The lowest BCUT2D eigenvalue weighted by atomic mass is 10.1. The van der Waals surface area contributed by atoms with Crippen LogP contribution in [0.2, 0.25) is 5.02 Å². The standard InChI is InChI=1S/C19H19ClN4O3S/c20-16-4-2-1-3-13(16)7-19(25)21-14-8-17-15(18(9-14)23-28(26)27)11-24(22-17)10-12-5-6-12/h1-4,8-9,11-12,23H,5-7,10H2,(H,21,25)(H,26,27)/p-1. The second-order valence-corrected chi connectivity index (χ2v) is 7.98. The maximum Gasteiger partial charge on any atom is 0.228 e. The van der Waals surface area contributed by atoms with Crippen molar-refractivity contribution in [1.82, 2.24) is 9.78 Å². The Morgan fingerprint density at radius 3 is 2.82 bits per heavy atom. The molecule has 0 aliphatic heterocycles. The minimum atomic E-state index is -2.48. The van der Waals surface area contributed by atoms with E-state index in [2.05, 4.69) is 15.1 Å². The molecule has 3 aromatic rings. The molecular weight excluding hydrogens is 400 g/mol. The lowest BCUT2D eigenvalue weighted by Gasteiger charge is -2.12. The highest BCUT2D eigenvalue weighted by molar-refractivity contribution is 7.80. The van der Waals surface area contributed by atoms with Gasteiger partial charge in [0.1, 0.15) is 0 Å². The van der Waals surface area contributed by atoms with E-state index in [0.717, 1.165) is 12.1 Å². The average Bonchev–Trinajstić information content (AvgIpc) is 3.34. The predicted molar refractivity (Wildman–Crippen MR) is 109 cm³/mol. The van der Waals surface area contributed by atoms with Crippen molar-refractivity contribution in [3.63, 3.8) is 0 Å². The summed E-state index contributed by atoms with van der Waals surface area (Å²) >= 11 is 3.63. The quantitative estimate of drug-likeness (QED) is 0.575. The molecule has 4 rings (SSSR count). The Morgan fingerprint density at radius 1 is 1.32 bits per heavy atom. The Labute approximate surface area is 169 Å². The SMILES string of the molecule is O=C(Cc1ccccc1Cl)Nc1cc(NS(=O)[O-])c2cn(CC3CC3)nc2c1. The van der Waals surface area contributed by atoms with Gasteiger partial charge in [-0.15, -0.1) is 0 Å². The molecule has 1 saturated carbocycles. The Kier molecular flexibility index (Phi) is 5.34. The first-order valence-corrected chi connectivity index (χ1v) is 10.3. The van der Waals surface area contributed by atoms with Gasteiger partial charge in [-0.25, -0.2) is 0 Å². The van der Waals surface area contributed by atoms with Gasteiger partial charge >= 0.3 is 0 Å². The van der Waals surface area contributed by atoms with Crippen LogP contribution in [0.15, 0.2) is 42.6 Å². The van der Waals surface area contributed by atoms with Crippen LogP contribution < -0.4 is 10.0 Å². The number of hydrogen-bond donors (Lipinski definition) is 2. The number of halogens is 1. The van der Waals surface area contributed by atoms with E-state index in [4.69, 9.17) is 11.6 Å². The highest BCUT2D eigenvalue weighted by Gasteiger charge is 2.22. The first-order valence-electron chi connectivity index (χ1n) is 8.88. The number of rotatable bonds is 7. The molecule has 0 radical (unpaired) electrons. The summed E-state index contributed by atoms with van der Waals surface area (Å²) in [5.41, 5.74) is 2.18. The van der Waals surface area contributed by atoms with Gasteiger partial charge in [0.05, 0.1) is 17.6 Å². The van der Waals surface area contributed by atoms with Crippen molar-refractivity contribution >= 4 is 51.1 Å². The number of fused-ring (bicyclic) bond motifs is 1. The monoisotopic (exact) mass is 417 g/mol. The number of nitrogens with one attached hydrogen (secondary N) is 2. The van der Waals surface area contributed by atoms with Gasteiger partial charge in [0, 0.05) is 40.1 Å². The van der Waals surface area contributed by atoms with Crippen molar-refractivity contribution in [1.29, 1.82) is 0 Å². The fourth-order valence-corrected chi connectivity index (χ4v) is 3.65. The van der Waals surface area contributed by atoms with Crippen LogP contribution in [-0.2, 0) is 29.0 Å². The smallest absolute Gasteiger partial charge is 0.228 e. The van der Waals surface area contributed by atoms with Crippen LogP contribution in [0.5, 0.6) is 0 Å². The Morgan fingerprint density at radius 2 is 2.11 bits per heavy atom. The van der Waals surface area contributed by atoms with Gasteiger partial charge < -0.3 is 14.6 Å². The summed E-state index contributed by atoms with van der Waals surface area (Å²) in [4.78, 5) is 12.4. The summed E-state index contributed by atoms with van der Waals surface area (Å²) in [5.74, 6) is 0.383. The van der Waals surface area contributed by atoms with Crippen LogP contribution in [0.4, 0.5) is 11.4 Å². The van der Waals surface area contributed by atoms with Gasteiger partial charge in [-0.1, -0.05) is 29.8 Å². The summed E-state index contributed by atoms with van der Waals surface area (Å²) in [7, 11) is 0. The molecule has 28 heavy (non-hydrogen) atoms. The van der Waals surface area contributed by atoms with Crippen molar-refractivity contribution in [3.8, 4) is 0 Å². The Hall–Kier alpha value is -2.42. The van der Waals surface area contributed by atoms with E-state index >= 15 is 0 Å². The zero-order chi connectivity index (χ0) is 19.7. The van der Waals surface area contributed by atoms with Crippen molar-refractivity contribution in [2.75, 3.05) is 10.0 Å². The zero-order valence-corrected chi connectivity index (χ0v) is 16.4. The minimum Gasteiger partial charge on any atom is -0.755 e. The summed E-state index contributed by atoms with van der Waals surface area (Å²) in [6, 6.07) is 10.5.